The minimum Gasteiger partial charge on any atom is -0.326 e. The number of benzene rings is 2. The Morgan fingerprint density at radius 3 is 2.44 bits per heavy atom. The van der Waals surface area contributed by atoms with E-state index in [9.17, 15) is 4.79 Å². The fraction of sp³-hybridized carbons (Fsp3) is 0.227. The molecule has 2 aromatic carbocycles. The molecule has 5 nitrogen and oxygen atoms in total. The van der Waals surface area contributed by atoms with Crippen LogP contribution in [-0.2, 0) is 12.8 Å². The Morgan fingerprint density at radius 1 is 0.852 bits per heavy atom. The predicted octanol–water partition coefficient (Wildman–Crippen LogP) is 3.76. The molecule has 0 saturated heterocycles. The Morgan fingerprint density at radius 2 is 1.59 bits per heavy atom. The number of anilines is 3. The Labute approximate surface area is 158 Å². The molecule has 0 unspecified atom stereocenters. The van der Waals surface area contributed by atoms with Gasteiger partial charge in [-0.05, 0) is 42.5 Å². The summed E-state index contributed by atoms with van der Waals surface area (Å²) < 4.78 is 0. The molecule has 5 rings (SSSR count). The van der Waals surface area contributed by atoms with Crippen LogP contribution in [0.4, 0.5) is 17.2 Å². The summed E-state index contributed by atoms with van der Waals surface area (Å²) in [5.41, 5.74) is 5.15. The largest absolute Gasteiger partial charge is 0.326 e. The number of hydrogen-bond donors (Lipinski definition) is 0. The zero-order valence-corrected chi connectivity index (χ0v) is 15.0. The molecule has 0 fully saturated rings. The first-order valence-electron chi connectivity index (χ1n) is 9.38. The number of aromatic nitrogens is 2. The second-order valence-electron chi connectivity index (χ2n) is 6.98. The summed E-state index contributed by atoms with van der Waals surface area (Å²) in [7, 11) is 0. The van der Waals surface area contributed by atoms with Gasteiger partial charge in [0.25, 0.3) is 5.91 Å². The van der Waals surface area contributed by atoms with Gasteiger partial charge in [0.1, 0.15) is 17.8 Å². The average molecular weight is 356 g/mol. The standard InChI is InChI=1S/C22H20N4O/c27-22(26-13-11-17-7-2-4-10-20(17)26)18-14-21(24-15-23-18)25-12-5-8-16-6-1-3-9-19(16)25/h1-4,6-7,9-10,14-15H,5,8,11-13H2. The second kappa shape index (κ2) is 6.50. The van der Waals surface area contributed by atoms with Crippen molar-refractivity contribution in [2.24, 2.45) is 0 Å². The van der Waals surface area contributed by atoms with Gasteiger partial charge in [0.05, 0.1) is 0 Å². The predicted molar refractivity (Wildman–Crippen MR) is 106 cm³/mol. The van der Waals surface area contributed by atoms with Gasteiger partial charge in [-0.3, -0.25) is 4.79 Å². The molecule has 5 heteroatoms. The van der Waals surface area contributed by atoms with Crippen LogP contribution in [0.5, 0.6) is 0 Å². The van der Waals surface area contributed by atoms with E-state index in [1.807, 2.05) is 35.2 Å². The summed E-state index contributed by atoms with van der Waals surface area (Å²) in [5, 5.41) is 0. The van der Waals surface area contributed by atoms with E-state index in [0.29, 0.717) is 12.2 Å². The Hall–Kier alpha value is -3.21. The number of carbonyl (C=O) groups is 1. The molecule has 0 aliphatic carbocycles. The maximum atomic E-state index is 13.1. The van der Waals surface area contributed by atoms with Crippen molar-refractivity contribution in [3.05, 3.63) is 77.7 Å². The highest BCUT2D eigenvalue weighted by Gasteiger charge is 2.27. The molecule has 27 heavy (non-hydrogen) atoms. The van der Waals surface area contributed by atoms with Gasteiger partial charge in [-0.15, -0.1) is 0 Å². The molecule has 3 aromatic rings. The molecule has 0 radical (unpaired) electrons. The van der Waals surface area contributed by atoms with Crippen LogP contribution in [0.25, 0.3) is 0 Å². The first-order valence-corrected chi connectivity index (χ1v) is 9.38. The zero-order chi connectivity index (χ0) is 18.2. The monoisotopic (exact) mass is 356 g/mol. The van der Waals surface area contributed by atoms with Crippen LogP contribution in [0.1, 0.15) is 28.0 Å². The molecule has 0 atom stereocenters. The van der Waals surface area contributed by atoms with Crippen molar-refractivity contribution in [2.75, 3.05) is 22.9 Å². The van der Waals surface area contributed by atoms with E-state index in [4.69, 9.17) is 0 Å². The summed E-state index contributed by atoms with van der Waals surface area (Å²) >= 11 is 0. The fourth-order valence-corrected chi connectivity index (χ4v) is 4.07. The first-order chi connectivity index (χ1) is 13.3. The van der Waals surface area contributed by atoms with Crippen LogP contribution >= 0.6 is 0 Å². The Bertz CT molecular complexity index is 1020. The van der Waals surface area contributed by atoms with Gasteiger partial charge in [0.2, 0.25) is 0 Å². The van der Waals surface area contributed by atoms with Gasteiger partial charge in [-0.25, -0.2) is 9.97 Å². The lowest BCUT2D eigenvalue weighted by Gasteiger charge is -2.30. The third-order valence-electron chi connectivity index (χ3n) is 5.39. The molecule has 0 bridgehead atoms. The van der Waals surface area contributed by atoms with Crippen molar-refractivity contribution in [3.63, 3.8) is 0 Å². The van der Waals surface area contributed by atoms with Crippen molar-refractivity contribution in [1.29, 1.82) is 0 Å². The van der Waals surface area contributed by atoms with E-state index in [1.54, 1.807) is 0 Å². The van der Waals surface area contributed by atoms with Crippen LogP contribution in [0.2, 0.25) is 0 Å². The smallest absolute Gasteiger partial charge is 0.277 e. The molecule has 0 saturated carbocycles. The van der Waals surface area contributed by atoms with Crippen LogP contribution in [0, 0.1) is 0 Å². The zero-order valence-electron chi connectivity index (χ0n) is 15.0. The number of carbonyl (C=O) groups excluding carboxylic acids is 1. The second-order valence-corrected chi connectivity index (χ2v) is 6.98. The Balaban J connectivity index is 1.48. The summed E-state index contributed by atoms with van der Waals surface area (Å²) in [4.78, 5) is 25.9. The molecule has 0 N–H and O–H groups in total. The van der Waals surface area contributed by atoms with E-state index in [1.165, 1.54) is 23.1 Å². The molecule has 2 aliphatic rings. The number of rotatable bonds is 2. The summed E-state index contributed by atoms with van der Waals surface area (Å²) in [6.07, 6.45) is 4.54. The van der Waals surface area contributed by atoms with E-state index in [0.717, 1.165) is 37.3 Å². The lowest BCUT2D eigenvalue weighted by molar-refractivity contribution is 0.0984. The number of nitrogens with zero attached hydrogens (tertiary/aromatic N) is 4. The molecule has 1 amide bonds. The molecule has 0 spiro atoms. The van der Waals surface area contributed by atoms with Gasteiger partial charge in [0.15, 0.2) is 0 Å². The number of hydrogen-bond acceptors (Lipinski definition) is 4. The first kappa shape index (κ1) is 16.0. The third kappa shape index (κ3) is 2.76. The topological polar surface area (TPSA) is 49.3 Å². The van der Waals surface area contributed by atoms with E-state index in [2.05, 4.69) is 39.1 Å². The molecular weight excluding hydrogens is 336 g/mol. The number of fused-ring (bicyclic) bond motifs is 2. The summed E-state index contributed by atoms with van der Waals surface area (Å²) in [5.74, 6) is 0.724. The van der Waals surface area contributed by atoms with Crippen molar-refractivity contribution in [2.45, 2.75) is 19.3 Å². The molecule has 2 aliphatic heterocycles. The summed E-state index contributed by atoms with van der Waals surface area (Å²) in [6, 6.07) is 18.3. The van der Waals surface area contributed by atoms with Crippen LogP contribution in [-0.4, -0.2) is 29.0 Å². The van der Waals surface area contributed by atoms with Crippen LogP contribution < -0.4 is 9.80 Å². The van der Waals surface area contributed by atoms with Gasteiger partial charge in [-0.2, -0.15) is 0 Å². The molecule has 134 valence electrons. The maximum absolute atomic E-state index is 13.1. The van der Waals surface area contributed by atoms with Crippen LogP contribution in [0.3, 0.4) is 0 Å². The molecule has 1 aromatic heterocycles. The maximum Gasteiger partial charge on any atom is 0.277 e. The van der Waals surface area contributed by atoms with E-state index < -0.39 is 0 Å². The van der Waals surface area contributed by atoms with Gasteiger partial charge < -0.3 is 9.80 Å². The minimum atomic E-state index is -0.0612. The fourth-order valence-electron chi connectivity index (χ4n) is 4.07. The van der Waals surface area contributed by atoms with Gasteiger partial charge in [-0.1, -0.05) is 36.4 Å². The van der Waals surface area contributed by atoms with Gasteiger partial charge >= 0.3 is 0 Å². The quantitative estimate of drug-likeness (QED) is 0.701. The van der Waals surface area contributed by atoms with E-state index in [-0.39, 0.29) is 5.91 Å². The SMILES string of the molecule is O=C(c1cc(N2CCCc3ccccc32)ncn1)N1CCc2ccccc21. The third-order valence-corrected chi connectivity index (χ3v) is 5.39. The lowest BCUT2D eigenvalue weighted by atomic mass is 10.0. The van der Waals surface area contributed by atoms with Crippen LogP contribution in [0.15, 0.2) is 60.9 Å². The lowest BCUT2D eigenvalue weighted by Crippen LogP contribution is -2.30. The number of para-hydroxylation sites is 2. The minimum absolute atomic E-state index is 0.0612. The van der Waals surface area contributed by atoms with Crippen molar-refractivity contribution < 1.29 is 4.79 Å². The number of aryl methyl sites for hydroxylation is 1. The highest BCUT2D eigenvalue weighted by molar-refractivity contribution is 6.06. The summed E-state index contributed by atoms with van der Waals surface area (Å²) in [6.45, 7) is 1.60. The highest BCUT2D eigenvalue weighted by atomic mass is 16.2. The van der Waals surface area contributed by atoms with Crippen molar-refractivity contribution in [3.8, 4) is 0 Å². The molecule has 3 heterocycles. The normalized spacial score (nSPS) is 15.4. The average Bonchev–Trinajstić information content (AvgIpc) is 3.17. The molecular formula is C22H20N4O. The van der Waals surface area contributed by atoms with Gasteiger partial charge in [0, 0.05) is 30.5 Å². The van der Waals surface area contributed by atoms with Crippen molar-refractivity contribution in [1.82, 2.24) is 9.97 Å². The Kier molecular flexibility index (Phi) is 3.85. The highest BCUT2D eigenvalue weighted by Crippen LogP contribution is 2.33. The van der Waals surface area contributed by atoms with Crippen molar-refractivity contribution >= 4 is 23.1 Å². The number of amides is 1. The van der Waals surface area contributed by atoms with E-state index >= 15 is 0 Å².